The zero-order chi connectivity index (χ0) is 12.5. The maximum atomic E-state index is 11.5. The van der Waals surface area contributed by atoms with Crippen molar-refractivity contribution in [3.8, 4) is 0 Å². The summed E-state index contributed by atoms with van der Waals surface area (Å²) in [6.45, 7) is 2.94. The van der Waals surface area contributed by atoms with E-state index < -0.39 is 0 Å². The van der Waals surface area contributed by atoms with Crippen LogP contribution >= 0.6 is 11.3 Å². The number of hydrogen-bond donors (Lipinski definition) is 1. The molecule has 4 heteroatoms. The highest BCUT2D eigenvalue weighted by atomic mass is 32.1. The van der Waals surface area contributed by atoms with E-state index in [-0.39, 0.29) is 12.0 Å². The molecule has 1 aromatic rings. The Morgan fingerprint density at radius 1 is 1.59 bits per heavy atom. The van der Waals surface area contributed by atoms with Crippen LogP contribution in [0.1, 0.15) is 31.7 Å². The molecule has 1 rings (SSSR count). The quantitative estimate of drug-likeness (QED) is 0.726. The molecule has 96 valence electrons. The molecule has 1 unspecified atom stereocenters. The zero-order valence-corrected chi connectivity index (χ0v) is 11.4. The minimum atomic E-state index is -0.154. The van der Waals surface area contributed by atoms with Crippen molar-refractivity contribution >= 4 is 17.3 Å². The van der Waals surface area contributed by atoms with Gasteiger partial charge in [0.05, 0.1) is 7.11 Å². The van der Waals surface area contributed by atoms with Gasteiger partial charge in [-0.1, -0.05) is 19.8 Å². The summed E-state index contributed by atoms with van der Waals surface area (Å²) in [5.41, 5.74) is 1.32. The van der Waals surface area contributed by atoms with E-state index in [1.165, 1.54) is 12.7 Å². The summed E-state index contributed by atoms with van der Waals surface area (Å²) in [4.78, 5) is 11.5. The van der Waals surface area contributed by atoms with E-state index in [9.17, 15) is 4.79 Å². The SMILES string of the molecule is CCCCC(NCCc1ccsc1)C(=O)OC. The zero-order valence-electron chi connectivity index (χ0n) is 10.6. The second-order valence-corrected chi connectivity index (χ2v) is 4.83. The van der Waals surface area contributed by atoms with Crippen molar-refractivity contribution in [2.75, 3.05) is 13.7 Å². The van der Waals surface area contributed by atoms with Crippen LogP contribution in [0.5, 0.6) is 0 Å². The molecule has 0 bridgehead atoms. The van der Waals surface area contributed by atoms with Crippen molar-refractivity contribution in [1.29, 1.82) is 0 Å². The van der Waals surface area contributed by atoms with Crippen molar-refractivity contribution in [2.45, 2.75) is 38.6 Å². The lowest BCUT2D eigenvalue weighted by Crippen LogP contribution is -2.38. The highest BCUT2D eigenvalue weighted by molar-refractivity contribution is 7.07. The lowest BCUT2D eigenvalue weighted by Gasteiger charge is -2.15. The number of carbonyl (C=O) groups excluding carboxylic acids is 1. The molecule has 0 spiro atoms. The van der Waals surface area contributed by atoms with Gasteiger partial charge in [0.15, 0.2) is 0 Å². The Kier molecular flexibility index (Phi) is 6.89. The van der Waals surface area contributed by atoms with E-state index >= 15 is 0 Å². The van der Waals surface area contributed by atoms with E-state index in [1.807, 2.05) is 0 Å². The summed E-state index contributed by atoms with van der Waals surface area (Å²) in [6, 6.07) is 1.96. The molecule has 0 amide bonds. The number of hydrogen-bond acceptors (Lipinski definition) is 4. The second-order valence-electron chi connectivity index (χ2n) is 4.05. The normalized spacial score (nSPS) is 12.4. The number of unbranched alkanes of at least 4 members (excludes halogenated alkanes) is 1. The van der Waals surface area contributed by atoms with Crippen LogP contribution < -0.4 is 5.32 Å². The predicted molar refractivity (Wildman–Crippen MR) is 71.4 cm³/mol. The van der Waals surface area contributed by atoms with Crippen molar-refractivity contribution < 1.29 is 9.53 Å². The fourth-order valence-electron chi connectivity index (χ4n) is 1.68. The second kappa shape index (κ2) is 8.25. The minimum absolute atomic E-state index is 0.149. The Hall–Kier alpha value is -0.870. The first-order valence-corrected chi connectivity index (χ1v) is 7.04. The molecule has 1 atom stereocenters. The molecule has 1 N–H and O–H groups in total. The van der Waals surface area contributed by atoms with Gasteiger partial charge >= 0.3 is 5.97 Å². The van der Waals surface area contributed by atoms with Gasteiger partial charge in [-0.05, 0) is 41.8 Å². The lowest BCUT2D eigenvalue weighted by atomic mass is 10.1. The predicted octanol–water partition coefficient (Wildman–Crippen LogP) is 2.61. The first-order valence-electron chi connectivity index (χ1n) is 6.10. The molecule has 1 aromatic heterocycles. The molecule has 0 saturated heterocycles. The first-order chi connectivity index (χ1) is 8.27. The molecule has 0 saturated carbocycles. The molecule has 0 aliphatic rings. The molecule has 17 heavy (non-hydrogen) atoms. The van der Waals surface area contributed by atoms with Gasteiger partial charge in [0.25, 0.3) is 0 Å². The standard InChI is InChI=1S/C13H21NO2S/c1-3-4-5-12(13(15)16-2)14-8-6-11-7-9-17-10-11/h7,9-10,12,14H,3-6,8H2,1-2H3. The van der Waals surface area contributed by atoms with Gasteiger partial charge in [0, 0.05) is 0 Å². The smallest absolute Gasteiger partial charge is 0.322 e. The maximum Gasteiger partial charge on any atom is 0.322 e. The Morgan fingerprint density at radius 3 is 3.00 bits per heavy atom. The molecule has 1 heterocycles. The molecular formula is C13H21NO2S. The number of methoxy groups -OCH3 is 1. The summed E-state index contributed by atoms with van der Waals surface area (Å²) in [5.74, 6) is -0.149. The molecule has 0 aliphatic carbocycles. The Morgan fingerprint density at radius 2 is 2.41 bits per heavy atom. The molecule has 0 radical (unpaired) electrons. The van der Waals surface area contributed by atoms with Crippen LogP contribution in [-0.2, 0) is 16.0 Å². The molecule has 3 nitrogen and oxygen atoms in total. The summed E-state index contributed by atoms with van der Waals surface area (Å²) in [6.07, 6.45) is 3.96. The van der Waals surface area contributed by atoms with E-state index in [4.69, 9.17) is 4.74 Å². The summed E-state index contributed by atoms with van der Waals surface area (Å²) in [5, 5.41) is 7.49. The van der Waals surface area contributed by atoms with Crippen LogP contribution in [-0.4, -0.2) is 25.7 Å². The van der Waals surface area contributed by atoms with Crippen LogP contribution in [0.4, 0.5) is 0 Å². The van der Waals surface area contributed by atoms with Crippen LogP contribution in [0.2, 0.25) is 0 Å². The monoisotopic (exact) mass is 255 g/mol. The molecule has 0 aliphatic heterocycles. The number of carbonyl (C=O) groups is 1. The van der Waals surface area contributed by atoms with Crippen molar-refractivity contribution in [1.82, 2.24) is 5.32 Å². The highest BCUT2D eigenvalue weighted by Crippen LogP contribution is 2.07. The fourth-order valence-corrected chi connectivity index (χ4v) is 2.38. The van der Waals surface area contributed by atoms with Crippen LogP contribution in [0.15, 0.2) is 16.8 Å². The fraction of sp³-hybridized carbons (Fsp3) is 0.615. The summed E-state index contributed by atoms with van der Waals surface area (Å²) in [7, 11) is 1.45. The van der Waals surface area contributed by atoms with Gasteiger partial charge in [-0.2, -0.15) is 11.3 Å². The molecular weight excluding hydrogens is 234 g/mol. The Balaban J connectivity index is 2.30. The van der Waals surface area contributed by atoms with Gasteiger partial charge in [-0.15, -0.1) is 0 Å². The van der Waals surface area contributed by atoms with E-state index in [0.29, 0.717) is 0 Å². The average molecular weight is 255 g/mol. The maximum absolute atomic E-state index is 11.5. The van der Waals surface area contributed by atoms with Crippen LogP contribution in [0, 0.1) is 0 Å². The molecule has 0 fully saturated rings. The van der Waals surface area contributed by atoms with Crippen molar-refractivity contribution in [3.05, 3.63) is 22.4 Å². The molecule has 0 aromatic carbocycles. The first kappa shape index (κ1) is 14.2. The van der Waals surface area contributed by atoms with Gasteiger partial charge in [-0.25, -0.2) is 0 Å². The highest BCUT2D eigenvalue weighted by Gasteiger charge is 2.17. The van der Waals surface area contributed by atoms with E-state index in [1.54, 1.807) is 11.3 Å². The van der Waals surface area contributed by atoms with Crippen molar-refractivity contribution in [3.63, 3.8) is 0 Å². The lowest BCUT2D eigenvalue weighted by molar-refractivity contribution is -0.143. The van der Waals surface area contributed by atoms with Gasteiger partial charge in [0.1, 0.15) is 6.04 Å². The number of esters is 1. The minimum Gasteiger partial charge on any atom is -0.468 e. The van der Waals surface area contributed by atoms with Crippen LogP contribution in [0.3, 0.4) is 0 Å². The average Bonchev–Trinajstić information content (AvgIpc) is 2.85. The summed E-state index contributed by atoms with van der Waals surface area (Å²) < 4.78 is 4.80. The topological polar surface area (TPSA) is 38.3 Å². The number of rotatable bonds is 8. The number of nitrogens with one attached hydrogen (secondary N) is 1. The van der Waals surface area contributed by atoms with Crippen molar-refractivity contribution in [2.24, 2.45) is 0 Å². The summed E-state index contributed by atoms with van der Waals surface area (Å²) >= 11 is 1.70. The third-order valence-electron chi connectivity index (χ3n) is 2.72. The van der Waals surface area contributed by atoms with Gasteiger partial charge in [-0.3, -0.25) is 4.79 Å². The number of thiophene rings is 1. The van der Waals surface area contributed by atoms with Gasteiger partial charge in [0.2, 0.25) is 0 Å². The van der Waals surface area contributed by atoms with Crippen LogP contribution in [0.25, 0.3) is 0 Å². The third kappa shape index (κ3) is 5.33. The largest absolute Gasteiger partial charge is 0.468 e. The number of ether oxygens (including phenoxy) is 1. The van der Waals surface area contributed by atoms with E-state index in [0.717, 1.165) is 32.2 Å². The Labute approximate surface area is 107 Å². The van der Waals surface area contributed by atoms with Gasteiger partial charge < -0.3 is 10.1 Å². The third-order valence-corrected chi connectivity index (χ3v) is 3.45. The van der Waals surface area contributed by atoms with E-state index in [2.05, 4.69) is 29.1 Å². The Bertz CT molecular complexity index is 311.